The number of aryl methyl sites for hydroxylation is 1. The topological polar surface area (TPSA) is 69.7 Å². The molecule has 6 rings (SSSR count). The van der Waals surface area contributed by atoms with Crippen LogP contribution in [-0.4, -0.2) is 63.2 Å². The highest BCUT2D eigenvalue weighted by Gasteiger charge is 2.27. The highest BCUT2D eigenvalue weighted by molar-refractivity contribution is 5.99. The molecule has 2 aliphatic rings. The number of hydrogen-bond donors (Lipinski definition) is 0. The predicted octanol–water partition coefficient (Wildman–Crippen LogP) is 6.54. The highest BCUT2D eigenvalue weighted by atomic mass is 16.5. The van der Waals surface area contributed by atoms with Gasteiger partial charge in [-0.25, -0.2) is 0 Å². The van der Waals surface area contributed by atoms with E-state index in [9.17, 15) is 4.79 Å². The largest absolute Gasteiger partial charge is 0.493 e. The Morgan fingerprint density at radius 2 is 1.21 bits per heavy atom. The van der Waals surface area contributed by atoms with Crippen LogP contribution in [0, 0.1) is 0 Å². The number of carbonyl (C=O) groups is 1. The molecule has 1 heterocycles. The second-order valence-corrected chi connectivity index (χ2v) is 11.8. The Morgan fingerprint density at radius 3 is 1.77 bits per heavy atom. The van der Waals surface area contributed by atoms with Gasteiger partial charge in [0.05, 0.1) is 21.3 Å². The van der Waals surface area contributed by atoms with Crippen molar-refractivity contribution in [2.24, 2.45) is 0 Å². The molecule has 0 radical (unpaired) electrons. The predicted molar refractivity (Wildman–Crippen MR) is 182 cm³/mol. The van der Waals surface area contributed by atoms with Crippen LogP contribution >= 0.6 is 0 Å². The van der Waals surface area contributed by atoms with E-state index in [2.05, 4.69) is 23.1 Å². The third-order valence-corrected chi connectivity index (χ3v) is 8.74. The summed E-state index contributed by atoms with van der Waals surface area (Å²) in [6.45, 7) is 4.52. The zero-order valence-corrected chi connectivity index (χ0v) is 27.4. The van der Waals surface area contributed by atoms with Gasteiger partial charge >= 0.3 is 0 Å². The Labute approximate surface area is 277 Å². The highest BCUT2D eigenvalue weighted by Crippen LogP contribution is 2.39. The lowest BCUT2D eigenvalue weighted by atomic mass is 9.91. The number of rotatable bonds is 12. The first-order chi connectivity index (χ1) is 23.0. The van der Waals surface area contributed by atoms with Crippen molar-refractivity contribution in [1.29, 1.82) is 0 Å². The Balaban J connectivity index is 1.13. The number of piperazine rings is 1. The van der Waals surface area contributed by atoms with E-state index in [4.69, 9.17) is 23.7 Å². The fourth-order valence-corrected chi connectivity index (χ4v) is 6.16. The van der Waals surface area contributed by atoms with Crippen LogP contribution in [0.4, 0.5) is 0 Å². The Bertz CT molecular complexity index is 1670. The van der Waals surface area contributed by atoms with Crippen LogP contribution in [-0.2, 0) is 31.0 Å². The molecular formula is C39H42N2O6. The van der Waals surface area contributed by atoms with Crippen molar-refractivity contribution in [3.63, 3.8) is 0 Å². The maximum absolute atomic E-state index is 13.7. The summed E-state index contributed by atoms with van der Waals surface area (Å²) >= 11 is 0. The van der Waals surface area contributed by atoms with Crippen molar-refractivity contribution < 1.29 is 28.5 Å². The number of methoxy groups -OCH3 is 3. The third-order valence-electron chi connectivity index (χ3n) is 8.74. The lowest BCUT2D eigenvalue weighted by Gasteiger charge is -2.35. The summed E-state index contributed by atoms with van der Waals surface area (Å²) in [6, 6.07) is 28.3. The summed E-state index contributed by atoms with van der Waals surface area (Å²) in [5.74, 6) is 3.37. The minimum Gasteiger partial charge on any atom is -0.493 e. The molecule has 47 heavy (non-hydrogen) atoms. The molecule has 0 saturated carbocycles. The van der Waals surface area contributed by atoms with E-state index in [-0.39, 0.29) is 5.91 Å². The zero-order chi connectivity index (χ0) is 32.6. The van der Waals surface area contributed by atoms with E-state index in [1.807, 2.05) is 77.7 Å². The lowest BCUT2D eigenvalue weighted by Crippen LogP contribution is -2.48. The van der Waals surface area contributed by atoms with E-state index < -0.39 is 0 Å². The van der Waals surface area contributed by atoms with Crippen LogP contribution < -0.4 is 23.7 Å². The summed E-state index contributed by atoms with van der Waals surface area (Å²) in [5, 5.41) is 0. The molecule has 1 saturated heterocycles. The van der Waals surface area contributed by atoms with Gasteiger partial charge in [-0.1, -0.05) is 60.7 Å². The van der Waals surface area contributed by atoms with Crippen molar-refractivity contribution in [3.05, 3.63) is 118 Å². The van der Waals surface area contributed by atoms with Gasteiger partial charge in [0.2, 0.25) is 11.7 Å². The van der Waals surface area contributed by atoms with Crippen LogP contribution in [0.15, 0.2) is 90.5 Å². The van der Waals surface area contributed by atoms with Crippen LogP contribution in [0.3, 0.4) is 0 Å². The van der Waals surface area contributed by atoms with Gasteiger partial charge in [-0.2, -0.15) is 0 Å². The summed E-state index contributed by atoms with van der Waals surface area (Å²) < 4.78 is 29.1. The maximum Gasteiger partial charge on any atom is 0.249 e. The molecule has 0 spiro atoms. The van der Waals surface area contributed by atoms with Crippen molar-refractivity contribution in [1.82, 2.24) is 9.80 Å². The Hall–Kier alpha value is -4.95. The van der Waals surface area contributed by atoms with Gasteiger partial charge in [0.15, 0.2) is 23.0 Å². The summed E-state index contributed by atoms with van der Waals surface area (Å²) in [7, 11) is 4.86. The zero-order valence-electron chi connectivity index (χ0n) is 27.4. The summed E-state index contributed by atoms with van der Waals surface area (Å²) in [4.78, 5) is 18.1. The van der Waals surface area contributed by atoms with Crippen LogP contribution in [0.25, 0.3) is 6.08 Å². The van der Waals surface area contributed by atoms with Crippen LogP contribution in [0.2, 0.25) is 0 Å². The quantitative estimate of drug-likeness (QED) is 0.175. The van der Waals surface area contributed by atoms with Gasteiger partial charge in [-0.3, -0.25) is 9.69 Å². The summed E-state index contributed by atoms with van der Waals surface area (Å²) in [5.41, 5.74) is 6.25. The monoisotopic (exact) mass is 634 g/mol. The van der Waals surface area contributed by atoms with Crippen molar-refractivity contribution in [3.8, 4) is 28.7 Å². The average molecular weight is 635 g/mol. The van der Waals surface area contributed by atoms with Crippen molar-refractivity contribution in [2.45, 2.75) is 32.6 Å². The molecule has 0 atom stereocenters. The standard InChI is InChI=1S/C39H42N2O6/c1-43-36-20-30(21-37(44-2)38(36)45-3)25-40-16-18-41(19-17-40)39(42)32-15-14-31-23-34(46-26-28-10-6-4-7-11-28)35(24-33(31)22-32)47-27-29-12-8-5-9-13-29/h4-13,20-24H,14-19,25-27H2,1-3H3. The molecular weight excluding hydrogens is 592 g/mol. The molecule has 1 aliphatic heterocycles. The van der Waals surface area contributed by atoms with Crippen molar-refractivity contribution >= 4 is 12.0 Å². The molecule has 1 aliphatic carbocycles. The lowest BCUT2D eigenvalue weighted by molar-refractivity contribution is -0.129. The van der Waals surface area contributed by atoms with E-state index in [0.717, 1.165) is 65.2 Å². The number of fused-ring (bicyclic) bond motifs is 1. The number of carbonyl (C=O) groups excluding carboxylic acids is 1. The minimum atomic E-state index is 0.110. The average Bonchev–Trinajstić information content (AvgIpc) is 3.13. The molecule has 0 unspecified atom stereocenters. The molecule has 1 amide bonds. The van der Waals surface area contributed by atoms with E-state index in [1.165, 1.54) is 0 Å². The molecule has 8 heteroatoms. The van der Waals surface area contributed by atoms with Gasteiger partial charge in [0.25, 0.3) is 0 Å². The Morgan fingerprint density at radius 1 is 0.638 bits per heavy atom. The number of benzene rings is 4. The van der Waals surface area contributed by atoms with Crippen LogP contribution in [0.1, 0.15) is 34.2 Å². The molecule has 8 nitrogen and oxygen atoms in total. The Kier molecular flexibility index (Phi) is 10.3. The van der Waals surface area contributed by atoms with E-state index in [0.29, 0.717) is 55.7 Å². The third kappa shape index (κ3) is 7.72. The molecule has 244 valence electrons. The fraction of sp³-hybridized carbons (Fsp3) is 0.308. The van der Waals surface area contributed by atoms with Crippen LogP contribution in [0.5, 0.6) is 28.7 Å². The molecule has 0 aromatic heterocycles. The van der Waals surface area contributed by atoms with Gasteiger partial charge < -0.3 is 28.6 Å². The fourth-order valence-electron chi connectivity index (χ4n) is 6.16. The molecule has 4 aromatic rings. The molecule has 0 bridgehead atoms. The number of amides is 1. The first-order valence-corrected chi connectivity index (χ1v) is 16.1. The molecule has 0 N–H and O–H groups in total. The van der Waals surface area contributed by atoms with Crippen molar-refractivity contribution in [2.75, 3.05) is 47.5 Å². The number of ether oxygens (including phenoxy) is 5. The molecule has 4 aromatic carbocycles. The normalized spacial score (nSPS) is 14.5. The second-order valence-electron chi connectivity index (χ2n) is 11.8. The van der Waals surface area contributed by atoms with Gasteiger partial charge in [-0.15, -0.1) is 0 Å². The van der Waals surface area contributed by atoms with E-state index >= 15 is 0 Å². The first-order valence-electron chi connectivity index (χ1n) is 16.1. The SMILES string of the molecule is COc1cc(CN2CCN(C(=O)C3=Cc4cc(OCc5ccccc5)c(OCc5ccccc5)cc4CC3)CC2)cc(OC)c1OC. The minimum absolute atomic E-state index is 0.110. The second kappa shape index (κ2) is 15.1. The van der Waals surface area contributed by atoms with Gasteiger partial charge in [0.1, 0.15) is 13.2 Å². The number of nitrogens with zero attached hydrogens (tertiary/aromatic N) is 2. The molecule has 1 fully saturated rings. The van der Waals surface area contributed by atoms with Gasteiger partial charge in [-0.05, 0) is 71.0 Å². The van der Waals surface area contributed by atoms with Gasteiger partial charge in [0, 0.05) is 38.3 Å². The first kappa shape index (κ1) is 32.0. The maximum atomic E-state index is 13.7. The number of hydrogen-bond acceptors (Lipinski definition) is 7. The summed E-state index contributed by atoms with van der Waals surface area (Å²) in [6.07, 6.45) is 3.51. The smallest absolute Gasteiger partial charge is 0.249 e. The van der Waals surface area contributed by atoms with E-state index in [1.54, 1.807) is 21.3 Å².